The Morgan fingerprint density at radius 2 is 2.58 bits per heavy atom. The second-order valence-corrected chi connectivity index (χ2v) is 2.13. The number of amides is 1. The van der Waals surface area contributed by atoms with E-state index in [0.29, 0.717) is 0 Å². The molecule has 0 aliphatic carbocycles. The van der Waals surface area contributed by atoms with Crippen LogP contribution >= 0.6 is 0 Å². The Hall–Kier alpha value is -2.03. The van der Waals surface area contributed by atoms with Gasteiger partial charge in [-0.05, 0) is 0 Å². The Morgan fingerprint density at radius 1 is 1.92 bits per heavy atom. The van der Waals surface area contributed by atoms with Crippen LogP contribution in [0.5, 0.6) is 0 Å². The largest absolute Gasteiger partial charge is 0.381 e. The van der Waals surface area contributed by atoms with Crippen molar-refractivity contribution in [1.82, 2.24) is 9.66 Å². The summed E-state index contributed by atoms with van der Waals surface area (Å²) in [4.78, 5) is 14.2. The SMILES string of the molecule is CC(=O)Nn1cnc(C#N)c1N. The Labute approximate surface area is 68.6 Å². The lowest BCUT2D eigenvalue weighted by Crippen LogP contribution is -2.20. The highest BCUT2D eigenvalue weighted by Crippen LogP contribution is 2.05. The van der Waals surface area contributed by atoms with Crippen molar-refractivity contribution in [1.29, 1.82) is 5.26 Å². The van der Waals surface area contributed by atoms with Gasteiger partial charge in [0.2, 0.25) is 5.91 Å². The van der Waals surface area contributed by atoms with Gasteiger partial charge in [0, 0.05) is 6.92 Å². The first-order valence-corrected chi connectivity index (χ1v) is 3.15. The number of anilines is 1. The molecule has 0 atom stereocenters. The third-order valence-electron chi connectivity index (χ3n) is 1.19. The summed E-state index contributed by atoms with van der Waals surface area (Å²) in [5.74, 6) is -0.142. The molecule has 0 spiro atoms. The lowest BCUT2D eigenvalue weighted by atomic mass is 10.5. The summed E-state index contributed by atoms with van der Waals surface area (Å²) in [5.41, 5.74) is 7.89. The minimum Gasteiger partial charge on any atom is -0.381 e. The van der Waals surface area contributed by atoms with Crippen LogP contribution in [0.25, 0.3) is 0 Å². The van der Waals surface area contributed by atoms with Gasteiger partial charge in [-0.3, -0.25) is 10.2 Å². The van der Waals surface area contributed by atoms with E-state index in [1.165, 1.54) is 17.9 Å². The van der Waals surface area contributed by atoms with E-state index in [1.807, 2.05) is 0 Å². The number of nitrogens with two attached hydrogens (primary N) is 1. The standard InChI is InChI=1S/C6H7N5O/c1-4(12)10-11-3-9-5(2-7)6(11)8/h3H,8H2,1H3,(H,10,12). The number of nitriles is 1. The lowest BCUT2D eigenvalue weighted by Gasteiger charge is -2.02. The first-order valence-electron chi connectivity index (χ1n) is 3.15. The van der Waals surface area contributed by atoms with Gasteiger partial charge in [-0.15, -0.1) is 0 Å². The van der Waals surface area contributed by atoms with Crippen molar-refractivity contribution in [3.8, 4) is 6.07 Å². The van der Waals surface area contributed by atoms with Crippen molar-refractivity contribution < 1.29 is 4.79 Å². The Bertz CT molecular complexity index is 347. The van der Waals surface area contributed by atoms with Crippen molar-refractivity contribution in [2.24, 2.45) is 0 Å². The average molecular weight is 165 g/mol. The summed E-state index contributed by atoms with van der Waals surface area (Å²) in [6.07, 6.45) is 1.27. The summed E-state index contributed by atoms with van der Waals surface area (Å²) >= 11 is 0. The zero-order valence-electron chi connectivity index (χ0n) is 6.40. The maximum atomic E-state index is 10.6. The van der Waals surface area contributed by atoms with Gasteiger partial charge < -0.3 is 5.73 Å². The van der Waals surface area contributed by atoms with Crippen LogP contribution in [-0.4, -0.2) is 15.6 Å². The number of aromatic nitrogens is 2. The molecule has 0 radical (unpaired) electrons. The number of rotatable bonds is 1. The highest BCUT2D eigenvalue weighted by atomic mass is 16.2. The number of nitrogens with one attached hydrogen (secondary N) is 1. The Morgan fingerprint density at radius 3 is 3.00 bits per heavy atom. The van der Waals surface area contributed by atoms with Gasteiger partial charge in [0.05, 0.1) is 0 Å². The van der Waals surface area contributed by atoms with Crippen LogP contribution in [0.15, 0.2) is 6.33 Å². The molecule has 0 bridgehead atoms. The molecule has 1 amide bonds. The summed E-state index contributed by atoms with van der Waals surface area (Å²) in [6.45, 7) is 1.34. The predicted molar refractivity (Wildman–Crippen MR) is 41.4 cm³/mol. The summed E-state index contributed by atoms with van der Waals surface area (Å²) in [6, 6.07) is 1.78. The van der Waals surface area contributed by atoms with Gasteiger partial charge in [0.1, 0.15) is 12.4 Å². The maximum absolute atomic E-state index is 10.6. The van der Waals surface area contributed by atoms with Crippen LogP contribution in [0, 0.1) is 11.3 Å². The number of carbonyl (C=O) groups excluding carboxylic acids is 1. The van der Waals surface area contributed by atoms with E-state index >= 15 is 0 Å². The molecular weight excluding hydrogens is 158 g/mol. The Balaban J connectivity index is 2.96. The van der Waals surface area contributed by atoms with Crippen LogP contribution in [0.4, 0.5) is 5.82 Å². The summed E-state index contributed by atoms with van der Waals surface area (Å²) < 4.78 is 1.20. The van der Waals surface area contributed by atoms with Gasteiger partial charge in [0.25, 0.3) is 0 Å². The summed E-state index contributed by atoms with van der Waals surface area (Å²) in [7, 11) is 0. The molecule has 6 nitrogen and oxygen atoms in total. The van der Waals surface area contributed by atoms with E-state index in [0.717, 1.165) is 0 Å². The van der Waals surface area contributed by atoms with Crippen LogP contribution in [0.1, 0.15) is 12.6 Å². The maximum Gasteiger partial charge on any atom is 0.235 e. The molecule has 0 aromatic carbocycles. The van der Waals surface area contributed by atoms with E-state index in [1.54, 1.807) is 6.07 Å². The van der Waals surface area contributed by atoms with E-state index in [9.17, 15) is 4.79 Å². The van der Waals surface area contributed by atoms with Crippen LogP contribution < -0.4 is 11.2 Å². The zero-order valence-corrected chi connectivity index (χ0v) is 6.40. The first-order chi connectivity index (χ1) is 5.65. The fourth-order valence-corrected chi connectivity index (χ4v) is 0.703. The van der Waals surface area contributed by atoms with Gasteiger partial charge in [0.15, 0.2) is 11.5 Å². The monoisotopic (exact) mass is 165 g/mol. The molecule has 62 valence electrons. The van der Waals surface area contributed by atoms with Crippen molar-refractivity contribution in [3.63, 3.8) is 0 Å². The van der Waals surface area contributed by atoms with E-state index in [4.69, 9.17) is 11.0 Å². The molecule has 0 aliphatic heterocycles. The smallest absolute Gasteiger partial charge is 0.235 e. The lowest BCUT2D eigenvalue weighted by molar-refractivity contribution is -0.115. The highest BCUT2D eigenvalue weighted by Gasteiger charge is 2.06. The topological polar surface area (TPSA) is 96.7 Å². The zero-order chi connectivity index (χ0) is 9.14. The van der Waals surface area contributed by atoms with Gasteiger partial charge in [-0.25, -0.2) is 9.66 Å². The van der Waals surface area contributed by atoms with E-state index in [2.05, 4.69) is 10.4 Å². The molecule has 1 aromatic rings. The highest BCUT2D eigenvalue weighted by molar-refractivity contribution is 5.81. The number of carbonyl (C=O) groups is 1. The molecule has 6 heteroatoms. The number of imidazole rings is 1. The average Bonchev–Trinajstić information content (AvgIpc) is 2.32. The molecule has 12 heavy (non-hydrogen) atoms. The molecule has 0 aliphatic rings. The third-order valence-corrected chi connectivity index (χ3v) is 1.19. The fraction of sp³-hybridized carbons (Fsp3) is 0.167. The number of hydrogen-bond acceptors (Lipinski definition) is 4. The van der Waals surface area contributed by atoms with E-state index < -0.39 is 0 Å². The number of nitrogens with zero attached hydrogens (tertiary/aromatic N) is 3. The number of nitrogen functional groups attached to an aromatic ring is 1. The van der Waals surface area contributed by atoms with Crippen LogP contribution in [0.3, 0.4) is 0 Å². The van der Waals surface area contributed by atoms with Crippen LogP contribution in [-0.2, 0) is 4.79 Å². The normalized spacial score (nSPS) is 9.00. The van der Waals surface area contributed by atoms with Gasteiger partial charge in [-0.2, -0.15) is 5.26 Å². The molecule has 1 rings (SSSR count). The minimum atomic E-state index is -0.274. The van der Waals surface area contributed by atoms with Crippen molar-refractivity contribution in [2.75, 3.05) is 11.2 Å². The molecule has 1 heterocycles. The molecule has 0 unspecified atom stereocenters. The van der Waals surface area contributed by atoms with Gasteiger partial charge in [-0.1, -0.05) is 0 Å². The van der Waals surface area contributed by atoms with Crippen molar-refractivity contribution in [2.45, 2.75) is 6.92 Å². The quantitative estimate of drug-likeness (QED) is 0.582. The third kappa shape index (κ3) is 1.34. The predicted octanol–water partition coefficient (Wildman–Crippen LogP) is -0.573. The van der Waals surface area contributed by atoms with Crippen LogP contribution in [0.2, 0.25) is 0 Å². The van der Waals surface area contributed by atoms with Gasteiger partial charge >= 0.3 is 0 Å². The van der Waals surface area contributed by atoms with Crippen molar-refractivity contribution >= 4 is 11.7 Å². The Kier molecular flexibility index (Phi) is 1.96. The second-order valence-electron chi connectivity index (χ2n) is 2.13. The molecule has 3 N–H and O–H groups in total. The molecular formula is C6H7N5O. The van der Waals surface area contributed by atoms with Crippen molar-refractivity contribution in [3.05, 3.63) is 12.0 Å². The molecule has 0 fully saturated rings. The second kappa shape index (κ2) is 2.92. The molecule has 0 saturated heterocycles. The molecule has 1 aromatic heterocycles. The molecule has 0 saturated carbocycles. The minimum absolute atomic E-state index is 0.101. The fourth-order valence-electron chi connectivity index (χ4n) is 0.703. The van der Waals surface area contributed by atoms with E-state index in [-0.39, 0.29) is 17.4 Å². The summed E-state index contributed by atoms with van der Waals surface area (Å²) in [5, 5.41) is 8.45. The number of hydrogen-bond donors (Lipinski definition) is 2. The first kappa shape index (κ1) is 8.07.